The molecule has 0 radical (unpaired) electrons. The highest BCUT2D eigenvalue weighted by Gasteiger charge is 2.20. The van der Waals surface area contributed by atoms with Crippen molar-refractivity contribution in [1.82, 2.24) is 20.0 Å². The molecule has 1 N–H and O–H groups in total. The molecule has 1 aromatic carbocycles. The molecule has 2 heterocycles. The van der Waals surface area contributed by atoms with Crippen LogP contribution < -0.4 is 10.1 Å². The molecule has 140 valence electrons. The third kappa shape index (κ3) is 4.44. The maximum Gasteiger partial charge on any atom is 0.307 e. The predicted molar refractivity (Wildman–Crippen MR) is 97.9 cm³/mol. The summed E-state index contributed by atoms with van der Waals surface area (Å²) in [6.07, 6.45) is 2.89. The Balaban J connectivity index is 1.61. The second-order valence-corrected chi connectivity index (χ2v) is 6.69. The summed E-state index contributed by atoms with van der Waals surface area (Å²) in [5.41, 5.74) is 0.870. The van der Waals surface area contributed by atoms with Gasteiger partial charge in [-0.15, -0.1) is 10.2 Å². The van der Waals surface area contributed by atoms with E-state index in [1.54, 1.807) is 14.0 Å². The average molecular weight is 388 g/mol. The van der Waals surface area contributed by atoms with Crippen molar-refractivity contribution in [2.75, 3.05) is 12.4 Å². The second-order valence-electron chi connectivity index (χ2n) is 5.63. The number of nitrogens with zero attached hydrogens (tertiary/aromatic N) is 5. The number of benzene rings is 1. The molecular formula is C16H16N6O4S. The third-order valence-corrected chi connectivity index (χ3v) is 4.63. The van der Waals surface area contributed by atoms with Crippen LogP contribution >= 0.6 is 11.3 Å². The fraction of sp³-hybridized carbons (Fsp3) is 0.250. The highest BCUT2D eigenvalue weighted by Crippen LogP contribution is 2.21. The quantitative estimate of drug-likeness (QED) is 0.487. The van der Waals surface area contributed by atoms with Gasteiger partial charge in [-0.3, -0.25) is 24.9 Å². The predicted octanol–water partition coefficient (Wildman–Crippen LogP) is 2.44. The van der Waals surface area contributed by atoms with Gasteiger partial charge in [-0.25, -0.2) is 0 Å². The molecule has 0 fully saturated rings. The first-order valence-electron chi connectivity index (χ1n) is 7.91. The van der Waals surface area contributed by atoms with Gasteiger partial charge in [0.25, 0.3) is 5.91 Å². The van der Waals surface area contributed by atoms with Crippen LogP contribution in [0.4, 0.5) is 10.8 Å². The van der Waals surface area contributed by atoms with Gasteiger partial charge in [0.1, 0.15) is 29.2 Å². The summed E-state index contributed by atoms with van der Waals surface area (Å²) in [7, 11) is 1.61. The third-order valence-electron chi connectivity index (χ3n) is 3.79. The zero-order chi connectivity index (χ0) is 19.4. The molecule has 11 heteroatoms. The molecule has 0 spiro atoms. The van der Waals surface area contributed by atoms with Crippen LogP contribution in [0.3, 0.4) is 0 Å². The number of carbonyl (C=O) groups is 1. The Labute approximate surface area is 158 Å². The first kappa shape index (κ1) is 18.5. The fourth-order valence-electron chi connectivity index (χ4n) is 2.26. The van der Waals surface area contributed by atoms with Crippen LogP contribution in [0.15, 0.2) is 36.7 Å². The lowest BCUT2D eigenvalue weighted by Gasteiger charge is -2.09. The Kier molecular flexibility index (Phi) is 5.41. The van der Waals surface area contributed by atoms with E-state index in [0.717, 1.165) is 22.5 Å². The van der Waals surface area contributed by atoms with E-state index in [1.165, 1.54) is 22.2 Å². The van der Waals surface area contributed by atoms with Gasteiger partial charge in [-0.05, 0) is 24.6 Å². The van der Waals surface area contributed by atoms with Gasteiger partial charge in [0.2, 0.25) is 5.13 Å². The number of nitrogens with one attached hydrogen (secondary N) is 1. The average Bonchev–Trinajstić information content (AvgIpc) is 3.31. The zero-order valence-electron chi connectivity index (χ0n) is 14.5. The second kappa shape index (κ2) is 7.91. The van der Waals surface area contributed by atoms with Crippen molar-refractivity contribution in [3.63, 3.8) is 0 Å². The van der Waals surface area contributed by atoms with Crippen LogP contribution in [-0.4, -0.2) is 37.9 Å². The van der Waals surface area contributed by atoms with Gasteiger partial charge < -0.3 is 4.74 Å². The van der Waals surface area contributed by atoms with E-state index in [0.29, 0.717) is 11.6 Å². The molecule has 0 saturated heterocycles. The molecule has 0 unspecified atom stereocenters. The Hall–Kier alpha value is -3.34. The largest absolute Gasteiger partial charge is 0.497 e. The number of aromatic nitrogens is 4. The van der Waals surface area contributed by atoms with Gasteiger partial charge in [0.05, 0.1) is 12.0 Å². The zero-order valence-corrected chi connectivity index (χ0v) is 15.3. The number of ether oxygens (including phenoxy) is 1. The summed E-state index contributed by atoms with van der Waals surface area (Å²) in [5.74, 6) is 0.386. The number of carbonyl (C=O) groups excluding carboxylic acids is 1. The van der Waals surface area contributed by atoms with E-state index in [9.17, 15) is 14.9 Å². The number of hydrogen-bond donors (Lipinski definition) is 1. The molecule has 3 aromatic rings. The Morgan fingerprint density at radius 3 is 2.74 bits per heavy atom. The van der Waals surface area contributed by atoms with Crippen molar-refractivity contribution < 1.29 is 14.5 Å². The molecule has 3 rings (SSSR count). The Bertz CT molecular complexity index is 952. The standard InChI is InChI=1S/C16H16N6O4S/c1-10(21-9-12(8-17-21)22(24)25)15(23)18-16-20-19-14(27-16)7-11-3-5-13(26-2)6-4-11/h3-6,8-10H,7H2,1-2H3,(H,18,20,23)/t10-/m0/s1. The summed E-state index contributed by atoms with van der Waals surface area (Å²) in [5, 5.41) is 26.4. The lowest BCUT2D eigenvalue weighted by atomic mass is 10.1. The molecule has 1 atom stereocenters. The van der Waals surface area contributed by atoms with Crippen LogP contribution in [0.1, 0.15) is 23.5 Å². The summed E-state index contributed by atoms with van der Waals surface area (Å²) >= 11 is 1.27. The normalized spacial score (nSPS) is 11.8. The summed E-state index contributed by atoms with van der Waals surface area (Å²) in [6, 6.07) is 6.87. The number of anilines is 1. The van der Waals surface area contributed by atoms with Gasteiger partial charge >= 0.3 is 5.69 Å². The van der Waals surface area contributed by atoms with Crippen molar-refractivity contribution in [3.8, 4) is 5.75 Å². The van der Waals surface area contributed by atoms with Gasteiger partial charge in [-0.2, -0.15) is 5.10 Å². The van der Waals surface area contributed by atoms with Crippen LogP contribution in [0, 0.1) is 10.1 Å². The highest BCUT2D eigenvalue weighted by atomic mass is 32.1. The minimum Gasteiger partial charge on any atom is -0.497 e. The highest BCUT2D eigenvalue weighted by molar-refractivity contribution is 7.15. The number of hydrogen-bond acceptors (Lipinski definition) is 8. The Morgan fingerprint density at radius 1 is 1.37 bits per heavy atom. The van der Waals surface area contributed by atoms with Crippen LogP contribution in [0.2, 0.25) is 0 Å². The molecule has 0 bridgehead atoms. The molecule has 0 aliphatic rings. The van der Waals surface area contributed by atoms with Crippen LogP contribution in [0.5, 0.6) is 5.75 Å². The van der Waals surface area contributed by atoms with Crippen molar-refractivity contribution in [1.29, 1.82) is 0 Å². The minimum absolute atomic E-state index is 0.174. The lowest BCUT2D eigenvalue weighted by Crippen LogP contribution is -2.23. The maximum absolute atomic E-state index is 12.3. The molecule has 1 amide bonds. The number of methoxy groups -OCH3 is 1. The van der Waals surface area contributed by atoms with Crippen molar-refractivity contribution >= 4 is 28.1 Å². The molecule has 2 aromatic heterocycles. The fourth-order valence-corrected chi connectivity index (χ4v) is 3.03. The molecule has 27 heavy (non-hydrogen) atoms. The minimum atomic E-state index is -0.729. The maximum atomic E-state index is 12.3. The molecule has 0 aliphatic carbocycles. The van der Waals surface area contributed by atoms with Gasteiger partial charge in [-0.1, -0.05) is 23.5 Å². The summed E-state index contributed by atoms with van der Waals surface area (Å²) < 4.78 is 6.35. The van der Waals surface area contributed by atoms with E-state index < -0.39 is 11.0 Å². The molecular weight excluding hydrogens is 372 g/mol. The summed E-state index contributed by atoms with van der Waals surface area (Å²) in [4.78, 5) is 22.5. The topological polar surface area (TPSA) is 125 Å². The van der Waals surface area contributed by atoms with E-state index in [4.69, 9.17) is 4.74 Å². The van der Waals surface area contributed by atoms with E-state index >= 15 is 0 Å². The van der Waals surface area contributed by atoms with E-state index in [1.807, 2.05) is 24.3 Å². The van der Waals surface area contributed by atoms with E-state index in [2.05, 4.69) is 20.6 Å². The van der Waals surface area contributed by atoms with E-state index in [-0.39, 0.29) is 11.6 Å². The first-order chi connectivity index (χ1) is 13.0. The first-order valence-corrected chi connectivity index (χ1v) is 8.72. The van der Waals surface area contributed by atoms with Gasteiger partial charge in [0, 0.05) is 6.42 Å². The summed E-state index contributed by atoms with van der Waals surface area (Å²) in [6.45, 7) is 1.59. The number of nitro groups is 1. The monoisotopic (exact) mass is 388 g/mol. The molecule has 0 aliphatic heterocycles. The SMILES string of the molecule is COc1ccc(Cc2nnc(NC(=O)[C@H](C)n3cc([N+](=O)[O-])cn3)s2)cc1. The van der Waals surface area contributed by atoms with Crippen LogP contribution in [-0.2, 0) is 11.2 Å². The number of amides is 1. The van der Waals surface area contributed by atoms with Crippen LogP contribution in [0.25, 0.3) is 0 Å². The molecule has 10 nitrogen and oxygen atoms in total. The van der Waals surface area contributed by atoms with Crippen molar-refractivity contribution in [2.45, 2.75) is 19.4 Å². The Morgan fingerprint density at radius 2 is 2.11 bits per heavy atom. The number of rotatable bonds is 7. The van der Waals surface area contributed by atoms with Crippen molar-refractivity contribution in [2.24, 2.45) is 0 Å². The van der Waals surface area contributed by atoms with Crippen molar-refractivity contribution in [3.05, 3.63) is 57.3 Å². The smallest absolute Gasteiger partial charge is 0.307 e. The lowest BCUT2D eigenvalue weighted by molar-refractivity contribution is -0.385. The molecule has 0 saturated carbocycles. The van der Waals surface area contributed by atoms with Gasteiger partial charge in [0.15, 0.2) is 0 Å².